The smallest absolute Gasteiger partial charge is 0.264 e. The van der Waals surface area contributed by atoms with E-state index in [2.05, 4.69) is 27.7 Å². The van der Waals surface area contributed by atoms with E-state index in [1.54, 1.807) is 0 Å². The fourth-order valence-electron chi connectivity index (χ4n) is 5.13. The van der Waals surface area contributed by atoms with Crippen molar-refractivity contribution in [3.63, 3.8) is 0 Å². The van der Waals surface area contributed by atoms with Crippen LogP contribution in [-0.4, -0.2) is 71.2 Å². The summed E-state index contributed by atoms with van der Waals surface area (Å²) in [5, 5.41) is 3.88. The zero-order valence-electron chi connectivity index (χ0n) is 20.6. The SMILES string of the molecule is CC1(C)C[C@@H](N(CCN(C(=O)c2cccs2)[C@H]2CCOC(C)(C)C2)C(=O)c2cccs2)CCO1. The van der Waals surface area contributed by atoms with Gasteiger partial charge in [-0.25, -0.2) is 0 Å². The molecule has 2 saturated heterocycles. The van der Waals surface area contributed by atoms with Crippen molar-refractivity contribution < 1.29 is 19.1 Å². The van der Waals surface area contributed by atoms with Crippen molar-refractivity contribution in [2.45, 2.75) is 76.7 Å². The molecule has 4 heterocycles. The zero-order valence-corrected chi connectivity index (χ0v) is 22.3. The Morgan fingerprint density at radius 1 is 0.824 bits per heavy atom. The van der Waals surface area contributed by atoms with Gasteiger partial charge in [0, 0.05) is 38.4 Å². The van der Waals surface area contributed by atoms with Crippen LogP contribution in [0.4, 0.5) is 0 Å². The van der Waals surface area contributed by atoms with Crippen molar-refractivity contribution in [3.05, 3.63) is 44.8 Å². The highest BCUT2D eigenvalue weighted by atomic mass is 32.1. The average Bonchev–Trinajstić information content (AvgIpc) is 3.49. The van der Waals surface area contributed by atoms with Gasteiger partial charge in [-0.2, -0.15) is 0 Å². The predicted octanol–water partition coefficient (Wildman–Crippen LogP) is 5.31. The molecule has 0 aliphatic carbocycles. The lowest BCUT2D eigenvalue weighted by Gasteiger charge is -2.44. The van der Waals surface area contributed by atoms with Crippen LogP contribution < -0.4 is 0 Å². The number of rotatable bonds is 7. The molecule has 2 aromatic rings. The number of hydrogen-bond donors (Lipinski definition) is 0. The van der Waals surface area contributed by atoms with E-state index in [-0.39, 0.29) is 35.1 Å². The number of carbonyl (C=O) groups excluding carboxylic acids is 2. The molecule has 2 aliphatic heterocycles. The Labute approximate surface area is 210 Å². The minimum Gasteiger partial charge on any atom is -0.375 e. The first-order chi connectivity index (χ1) is 16.2. The van der Waals surface area contributed by atoms with Gasteiger partial charge in [0.15, 0.2) is 0 Å². The van der Waals surface area contributed by atoms with Crippen LogP contribution in [-0.2, 0) is 9.47 Å². The van der Waals surface area contributed by atoms with E-state index >= 15 is 0 Å². The molecule has 2 aromatic heterocycles. The largest absolute Gasteiger partial charge is 0.375 e. The maximum Gasteiger partial charge on any atom is 0.264 e. The lowest BCUT2D eigenvalue weighted by molar-refractivity contribution is -0.0847. The molecule has 6 nitrogen and oxygen atoms in total. The highest BCUT2D eigenvalue weighted by Gasteiger charge is 2.38. The molecule has 186 valence electrons. The Balaban J connectivity index is 1.57. The average molecular weight is 505 g/mol. The number of ether oxygens (including phenoxy) is 2. The molecule has 2 aliphatic rings. The Hall–Kier alpha value is -1.74. The number of amides is 2. The molecule has 0 unspecified atom stereocenters. The lowest BCUT2D eigenvalue weighted by Crippen LogP contribution is -2.54. The summed E-state index contributed by atoms with van der Waals surface area (Å²) in [5.41, 5.74) is -0.539. The van der Waals surface area contributed by atoms with Crippen molar-refractivity contribution in [3.8, 4) is 0 Å². The first-order valence-corrected chi connectivity index (χ1v) is 13.9. The van der Waals surface area contributed by atoms with Gasteiger partial charge in [0.1, 0.15) is 0 Å². The van der Waals surface area contributed by atoms with Crippen molar-refractivity contribution in [2.75, 3.05) is 26.3 Å². The first-order valence-electron chi connectivity index (χ1n) is 12.1. The summed E-state index contributed by atoms with van der Waals surface area (Å²) in [5.74, 6) is 0.0991. The summed E-state index contributed by atoms with van der Waals surface area (Å²) >= 11 is 2.94. The van der Waals surface area contributed by atoms with Crippen molar-refractivity contribution in [2.24, 2.45) is 0 Å². The van der Waals surface area contributed by atoms with Gasteiger partial charge in [-0.15, -0.1) is 22.7 Å². The van der Waals surface area contributed by atoms with Gasteiger partial charge in [-0.3, -0.25) is 9.59 Å². The molecule has 2 amide bonds. The second kappa shape index (κ2) is 10.5. The van der Waals surface area contributed by atoms with E-state index in [9.17, 15) is 9.59 Å². The summed E-state index contributed by atoms with van der Waals surface area (Å²) in [6, 6.07) is 7.79. The minimum absolute atomic E-state index is 0.0496. The normalized spacial score (nSPS) is 23.9. The number of carbonyl (C=O) groups is 2. The van der Waals surface area contributed by atoms with Gasteiger partial charge < -0.3 is 19.3 Å². The second-order valence-corrected chi connectivity index (χ2v) is 12.4. The van der Waals surface area contributed by atoms with Gasteiger partial charge in [-0.05, 0) is 76.3 Å². The van der Waals surface area contributed by atoms with Gasteiger partial charge in [-0.1, -0.05) is 12.1 Å². The molecule has 0 saturated carbocycles. The second-order valence-electron chi connectivity index (χ2n) is 10.5. The lowest BCUT2D eigenvalue weighted by atomic mass is 9.92. The van der Waals surface area contributed by atoms with E-state index in [4.69, 9.17) is 9.47 Å². The maximum atomic E-state index is 13.6. The summed E-state index contributed by atoms with van der Waals surface area (Å²) in [4.78, 5) is 32.6. The Morgan fingerprint density at radius 2 is 1.24 bits per heavy atom. The Kier molecular flexibility index (Phi) is 7.82. The van der Waals surface area contributed by atoms with E-state index < -0.39 is 0 Å². The van der Waals surface area contributed by atoms with E-state index in [0.717, 1.165) is 35.4 Å². The highest BCUT2D eigenvalue weighted by Crippen LogP contribution is 2.31. The zero-order chi connectivity index (χ0) is 24.3. The fourth-order valence-corrected chi connectivity index (χ4v) is 6.49. The molecule has 0 spiro atoms. The molecule has 8 heteroatoms. The topological polar surface area (TPSA) is 59.1 Å². The third-order valence-corrected chi connectivity index (χ3v) is 8.51. The van der Waals surface area contributed by atoms with Crippen molar-refractivity contribution in [1.82, 2.24) is 9.80 Å². The summed E-state index contributed by atoms with van der Waals surface area (Å²) < 4.78 is 11.9. The van der Waals surface area contributed by atoms with Gasteiger partial charge in [0.25, 0.3) is 11.8 Å². The first kappa shape index (κ1) is 25.4. The van der Waals surface area contributed by atoms with Crippen LogP contribution in [0.25, 0.3) is 0 Å². The Bertz CT molecular complexity index is 877. The molecule has 0 bridgehead atoms. The number of thiophene rings is 2. The number of hydrogen-bond acceptors (Lipinski definition) is 6. The van der Waals surface area contributed by atoms with E-state index in [1.165, 1.54) is 22.7 Å². The van der Waals surface area contributed by atoms with Gasteiger partial charge >= 0.3 is 0 Å². The predicted molar refractivity (Wildman–Crippen MR) is 137 cm³/mol. The molecule has 0 N–H and O–H groups in total. The van der Waals surface area contributed by atoms with E-state index in [1.807, 2.05) is 44.8 Å². The van der Waals surface area contributed by atoms with E-state index in [0.29, 0.717) is 26.3 Å². The quantitative estimate of drug-likeness (QED) is 0.513. The summed E-state index contributed by atoms with van der Waals surface area (Å²) in [6.45, 7) is 10.6. The van der Waals surface area contributed by atoms with Gasteiger partial charge in [0.05, 0.1) is 21.0 Å². The van der Waals surface area contributed by atoms with Crippen LogP contribution in [0.2, 0.25) is 0 Å². The fraction of sp³-hybridized carbons (Fsp3) is 0.615. The highest BCUT2D eigenvalue weighted by molar-refractivity contribution is 7.12. The van der Waals surface area contributed by atoms with Crippen molar-refractivity contribution in [1.29, 1.82) is 0 Å². The van der Waals surface area contributed by atoms with Crippen LogP contribution in [0.1, 0.15) is 72.7 Å². The molecule has 34 heavy (non-hydrogen) atoms. The standard InChI is InChI=1S/C26H36N2O4S2/c1-25(2)17-19(9-13-31-25)27(23(29)21-7-5-15-33-21)11-12-28(24(30)22-8-6-16-34-22)20-10-14-32-26(3,4)18-20/h5-8,15-16,19-20H,9-14,17-18H2,1-4H3/t19-,20-/m0/s1. The molecule has 0 radical (unpaired) electrons. The van der Waals surface area contributed by atoms with Crippen LogP contribution in [0.15, 0.2) is 35.0 Å². The molecular weight excluding hydrogens is 468 g/mol. The molecule has 2 atom stereocenters. The monoisotopic (exact) mass is 504 g/mol. The summed E-state index contributed by atoms with van der Waals surface area (Å²) in [6.07, 6.45) is 3.19. The van der Waals surface area contributed by atoms with Crippen LogP contribution in [0.5, 0.6) is 0 Å². The summed E-state index contributed by atoms with van der Waals surface area (Å²) in [7, 11) is 0. The van der Waals surface area contributed by atoms with Crippen LogP contribution in [0.3, 0.4) is 0 Å². The molecule has 2 fully saturated rings. The van der Waals surface area contributed by atoms with Gasteiger partial charge in [0.2, 0.25) is 0 Å². The Morgan fingerprint density at radius 3 is 1.56 bits per heavy atom. The maximum absolute atomic E-state index is 13.6. The molecule has 0 aromatic carbocycles. The number of nitrogens with zero attached hydrogens (tertiary/aromatic N) is 2. The van der Waals surface area contributed by atoms with Crippen LogP contribution >= 0.6 is 22.7 Å². The molecular formula is C26H36N2O4S2. The third-order valence-electron chi connectivity index (χ3n) is 6.79. The van der Waals surface area contributed by atoms with Crippen LogP contribution in [0, 0.1) is 0 Å². The minimum atomic E-state index is -0.270. The third kappa shape index (κ3) is 6.08. The molecule has 4 rings (SSSR count). The van der Waals surface area contributed by atoms with Crippen molar-refractivity contribution >= 4 is 34.5 Å².